The molecule has 1 N–H and O–H groups in total. The minimum Gasteiger partial charge on any atom is -0.309 e. The summed E-state index contributed by atoms with van der Waals surface area (Å²) in [5, 5.41) is 17.8. The van der Waals surface area contributed by atoms with Gasteiger partial charge in [-0.2, -0.15) is 5.10 Å². The van der Waals surface area contributed by atoms with Gasteiger partial charge in [-0.05, 0) is 32.1 Å². The Morgan fingerprint density at radius 2 is 2.00 bits per heavy atom. The van der Waals surface area contributed by atoms with Crippen molar-refractivity contribution in [2.45, 2.75) is 33.9 Å². The van der Waals surface area contributed by atoms with Gasteiger partial charge < -0.3 is 9.47 Å². The maximum absolute atomic E-state index is 12.6. The molecule has 0 unspecified atom stereocenters. The van der Waals surface area contributed by atoms with Gasteiger partial charge in [-0.15, -0.1) is 0 Å². The van der Waals surface area contributed by atoms with Crippen LogP contribution in [-0.4, -0.2) is 54.7 Å². The zero-order valence-corrected chi connectivity index (χ0v) is 16.8. The largest absolute Gasteiger partial charge is 0.309 e. The van der Waals surface area contributed by atoms with Gasteiger partial charge >= 0.3 is 5.69 Å². The molecule has 1 amide bonds. The smallest absolute Gasteiger partial charge is 0.309 e. The van der Waals surface area contributed by atoms with Crippen molar-refractivity contribution in [3.63, 3.8) is 0 Å². The first kappa shape index (κ1) is 20.5. The van der Waals surface area contributed by atoms with Crippen molar-refractivity contribution in [1.82, 2.24) is 24.2 Å². The van der Waals surface area contributed by atoms with E-state index in [-0.39, 0.29) is 18.1 Å². The third-order valence-corrected chi connectivity index (χ3v) is 5.01. The van der Waals surface area contributed by atoms with Gasteiger partial charge in [0.1, 0.15) is 18.4 Å². The molecule has 29 heavy (non-hydrogen) atoms. The second-order valence-corrected chi connectivity index (χ2v) is 6.68. The Balaban J connectivity index is 1.80. The molecule has 3 aromatic rings. The van der Waals surface area contributed by atoms with Crippen LogP contribution in [0.4, 0.5) is 11.6 Å². The van der Waals surface area contributed by atoms with Gasteiger partial charge in [0.15, 0.2) is 0 Å². The molecule has 0 aliphatic carbocycles. The number of hydrogen-bond donors (Lipinski definition) is 1. The zero-order chi connectivity index (χ0) is 21.0. The molecule has 0 fully saturated rings. The normalized spacial score (nSPS) is 11.3. The van der Waals surface area contributed by atoms with E-state index in [0.717, 1.165) is 36.9 Å². The van der Waals surface area contributed by atoms with Crippen LogP contribution in [0.3, 0.4) is 0 Å². The van der Waals surface area contributed by atoms with Crippen LogP contribution in [-0.2, 0) is 17.9 Å². The molecule has 10 nitrogen and oxygen atoms in total. The van der Waals surface area contributed by atoms with Gasteiger partial charge in [0, 0.05) is 13.1 Å². The Morgan fingerprint density at radius 3 is 2.66 bits per heavy atom. The van der Waals surface area contributed by atoms with E-state index in [2.05, 4.69) is 34.1 Å². The number of rotatable bonds is 9. The molecule has 0 aliphatic heterocycles. The first-order valence-corrected chi connectivity index (χ1v) is 9.58. The third-order valence-electron chi connectivity index (χ3n) is 5.01. The molecule has 0 saturated carbocycles. The number of imidazole rings is 1. The fourth-order valence-corrected chi connectivity index (χ4v) is 3.25. The van der Waals surface area contributed by atoms with Crippen LogP contribution in [0.2, 0.25) is 0 Å². The van der Waals surface area contributed by atoms with Crippen LogP contribution in [0.1, 0.15) is 19.5 Å². The highest BCUT2D eigenvalue weighted by atomic mass is 16.6. The van der Waals surface area contributed by atoms with Crippen molar-refractivity contribution in [1.29, 1.82) is 0 Å². The average Bonchev–Trinajstić information content (AvgIpc) is 3.23. The van der Waals surface area contributed by atoms with Crippen LogP contribution in [0, 0.1) is 17.0 Å². The number of para-hydroxylation sites is 2. The van der Waals surface area contributed by atoms with Crippen molar-refractivity contribution in [3.05, 3.63) is 46.3 Å². The van der Waals surface area contributed by atoms with Gasteiger partial charge in [0.2, 0.25) is 11.9 Å². The molecular formula is C19H25N7O3. The van der Waals surface area contributed by atoms with E-state index >= 15 is 0 Å². The van der Waals surface area contributed by atoms with Gasteiger partial charge in [-0.1, -0.05) is 26.0 Å². The number of nitro groups is 1. The molecule has 0 spiro atoms. The topological polar surface area (TPSA) is 111 Å². The highest BCUT2D eigenvalue weighted by Gasteiger charge is 2.19. The Kier molecular flexibility index (Phi) is 6.23. The number of hydrogen-bond acceptors (Lipinski definition) is 6. The van der Waals surface area contributed by atoms with Crippen LogP contribution in [0.25, 0.3) is 11.0 Å². The van der Waals surface area contributed by atoms with Gasteiger partial charge in [0.25, 0.3) is 0 Å². The lowest BCUT2D eigenvalue weighted by Crippen LogP contribution is -2.28. The van der Waals surface area contributed by atoms with Crippen LogP contribution in [0.15, 0.2) is 30.5 Å². The first-order chi connectivity index (χ1) is 13.9. The first-order valence-electron chi connectivity index (χ1n) is 9.58. The minimum atomic E-state index is -0.511. The second-order valence-electron chi connectivity index (χ2n) is 6.68. The molecule has 2 aromatic heterocycles. The van der Waals surface area contributed by atoms with Crippen molar-refractivity contribution < 1.29 is 9.72 Å². The number of carbonyl (C=O) groups excluding carboxylic acids is 1. The van der Waals surface area contributed by atoms with Gasteiger partial charge in [-0.25, -0.2) is 4.98 Å². The van der Waals surface area contributed by atoms with Crippen molar-refractivity contribution in [2.24, 2.45) is 0 Å². The number of nitrogens with zero attached hydrogens (tertiary/aromatic N) is 6. The molecule has 0 bridgehead atoms. The Morgan fingerprint density at radius 1 is 1.28 bits per heavy atom. The fourth-order valence-electron chi connectivity index (χ4n) is 3.25. The Bertz CT molecular complexity index is 1020. The summed E-state index contributed by atoms with van der Waals surface area (Å²) < 4.78 is 3.31. The maximum Gasteiger partial charge on any atom is 0.309 e. The number of likely N-dealkylation sites (N-methyl/N-ethyl adjacent to an activating group) is 1. The van der Waals surface area contributed by atoms with E-state index in [1.54, 1.807) is 6.92 Å². The molecule has 0 atom stereocenters. The standard InChI is InChI=1S/C19H25N7O3/c1-4-23(5-2)10-11-24-16-9-7-6-8-15(16)21-19(24)22-18(27)13-25-14(3)17(12-20-25)26(28)29/h6-9,12H,4-5,10-11,13H2,1-3H3,(H,21,22,27). The average molecular weight is 399 g/mol. The van der Waals surface area contributed by atoms with Crippen LogP contribution in [0.5, 0.6) is 0 Å². The van der Waals surface area contributed by atoms with E-state index in [1.807, 2.05) is 28.8 Å². The molecule has 10 heteroatoms. The number of benzene rings is 1. The number of aromatic nitrogens is 4. The van der Waals surface area contributed by atoms with Crippen molar-refractivity contribution >= 4 is 28.6 Å². The lowest BCUT2D eigenvalue weighted by Gasteiger charge is -2.19. The maximum atomic E-state index is 12.6. The summed E-state index contributed by atoms with van der Waals surface area (Å²) in [7, 11) is 0. The summed E-state index contributed by atoms with van der Waals surface area (Å²) in [6, 6.07) is 7.72. The number of carbonyl (C=O) groups is 1. The van der Waals surface area contributed by atoms with E-state index in [1.165, 1.54) is 4.68 Å². The minimum absolute atomic E-state index is 0.107. The molecule has 0 aliphatic rings. The summed E-state index contributed by atoms with van der Waals surface area (Å²) in [6.07, 6.45) is 1.15. The molecular weight excluding hydrogens is 374 g/mol. The summed E-state index contributed by atoms with van der Waals surface area (Å²) in [4.78, 5) is 29.9. The number of fused-ring (bicyclic) bond motifs is 1. The monoisotopic (exact) mass is 399 g/mol. The Labute approximate surface area is 168 Å². The molecule has 1 aromatic carbocycles. The van der Waals surface area contributed by atoms with Crippen LogP contribution < -0.4 is 5.32 Å². The lowest BCUT2D eigenvalue weighted by molar-refractivity contribution is -0.385. The summed E-state index contributed by atoms with van der Waals surface area (Å²) in [5.41, 5.74) is 1.97. The fraction of sp³-hybridized carbons (Fsp3) is 0.421. The van der Waals surface area contributed by atoms with E-state index in [9.17, 15) is 14.9 Å². The molecule has 2 heterocycles. The predicted octanol–water partition coefficient (Wildman–Crippen LogP) is 2.43. The zero-order valence-electron chi connectivity index (χ0n) is 16.8. The number of nitrogens with one attached hydrogen (secondary N) is 1. The Hall–Kier alpha value is -3.27. The number of amides is 1. The lowest BCUT2D eigenvalue weighted by atomic mass is 10.3. The highest BCUT2D eigenvalue weighted by molar-refractivity contribution is 5.91. The summed E-state index contributed by atoms with van der Waals surface area (Å²) in [6.45, 7) is 9.08. The molecule has 3 rings (SSSR count). The number of anilines is 1. The van der Waals surface area contributed by atoms with Crippen molar-refractivity contribution in [3.8, 4) is 0 Å². The SMILES string of the molecule is CCN(CC)CCn1c(NC(=O)Cn2ncc([N+](=O)[O-])c2C)nc2ccccc21. The summed E-state index contributed by atoms with van der Waals surface area (Å²) in [5.74, 6) is 0.119. The van der Waals surface area contributed by atoms with E-state index < -0.39 is 4.92 Å². The van der Waals surface area contributed by atoms with E-state index in [0.29, 0.717) is 18.2 Å². The van der Waals surface area contributed by atoms with Gasteiger partial charge in [-0.3, -0.25) is 24.9 Å². The van der Waals surface area contributed by atoms with Crippen LogP contribution >= 0.6 is 0 Å². The molecule has 0 saturated heterocycles. The third kappa shape index (κ3) is 4.43. The predicted molar refractivity (Wildman–Crippen MR) is 110 cm³/mol. The van der Waals surface area contributed by atoms with Gasteiger partial charge in [0.05, 0.1) is 16.0 Å². The second kappa shape index (κ2) is 8.82. The van der Waals surface area contributed by atoms with Crippen molar-refractivity contribution in [2.75, 3.05) is 25.0 Å². The quantitative estimate of drug-likeness (QED) is 0.437. The molecule has 0 radical (unpaired) electrons. The van der Waals surface area contributed by atoms with E-state index in [4.69, 9.17) is 0 Å². The summed E-state index contributed by atoms with van der Waals surface area (Å²) >= 11 is 0. The molecule has 154 valence electrons. The highest BCUT2D eigenvalue weighted by Crippen LogP contribution is 2.20.